The Morgan fingerprint density at radius 1 is 1.38 bits per heavy atom. The van der Waals surface area contributed by atoms with Gasteiger partial charge in [0.05, 0.1) is 6.61 Å². The van der Waals surface area contributed by atoms with E-state index in [2.05, 4.69) is 24.0 Å². The van der Waals surface area contributed by atoms with Crippen molar-refractivity contribution in [2.24, 2.45) is 0 Å². The molecule has 0 fully saturated rings. The number of rotatable bonds is 7. The Labute approximate surface area is 98.0 Å². The second-order valence-corrected chi connectivity index (χ2v) is 4.23. The minimum Gasteiger partial charge on any atom is -0.395 e. The minimum absolute atomic E-state index is 0.141. The van der Waals surface area contributed by atoms with Gasteiger partial charge in [-0.25, -0.2) is 0 Å². The highest BCUT2D eigenvalue weighted by Gasteiger charge is 2.06. The number of aliphatic hydroxyl groups is 1. The second kappa shape index (κ2) is 7.20. The Morgan fingerprint density at radius 2 is 2.06 bits per heavy atom. The largest absolute Gasteiger partial charge is 0.395 e. The summed E-state index contributed by atoms with van der Waals surface area (Å²) in [5.74, 6) is 0. The van der Waals surface area contributed by atoms with E-state index in [0.29, 0.717) is 0 Å². The molecule has 1 atom stereocenters. The lowest BCUT2D eigenvalue weighted by Gasteiger charge is -2.16. The van der Waals surface area contributed by atoms with E-state index in [0.717, 1.165) is 19.4 Å². The van der Waals surface area contributed by atoms with Crippen LogP contribution in [0, 0.1) is 0 Å². The topological polar surface area (TPSA) is 32.3 Å². The molecule has 0 heterocycles. The monoisotopic (exact) mass is 219 g/mol. The van der Waals surface area contributed by atoms with Gasteiger partial charge in [-0.1, -0.05) is 35.9 Å². The molecule has 0 bridgehead atoms. The lowest BCUT2D eigenvalue weighted by Crippen LogP contribution is -2.35. The molecule has 0 aliphatic rings. The summed E-state index contributed by atoms with van der Waals surface area (Å²) < 4.78 is 0. The molecule has 1 rings (SSSR count). The van der Waals surface area contributed by atoms with E-state index in [1.165, 1.54) is 11.1 Å². The summed E-state index contributed by atoms with van der Waals surface area (Å²) in [7, 11) is 0. The van der Waals surface area contributed by atoms with E-state index in [1.54, 1.807) is 0 Å². The van der Waals surface area contributed by atoms with Crippen LogP contribution in [0.2, 0.25) is 0 Å². The predicted octanol–water partition coefficient (Wildman–Crippen LogP) is 2.15. The van der Waals surface area contributed by atoms with Gasteiger partial charge in [-0.3, -0.25) is 0 Å². The minimum atomic E-state index is 0.141. The van der Waals surface area contributed by atoms with Crippen LogP contribution in [0.5, 0.6) is 0 Å². The molecular weight excluding hydrogens is 198 g/mol. The molecule has 16 heavy (non-hydrogen) atoms. The maximum absolute atomic E-state index is 9.27. The number of nitrogens with one attached hydrogen (secondary N) is 1. The average Bonchev–Trinajstić information content (AvgIpc) is 2.28. The van der Waals surface area contributed by atoms with E-state index in [1.807, 2.05) is 25.1 Å². The molecule has 0 aliphatic heterocycles. The van der Waals surface area contributed by atoms with E-state index in [9.17, 15) is 5.11 Å². The van der Waals surface area contributed by atoms with Crippen LogP contribution in [0.3, 0.4) is 0 Å². The van der Waals surface area contributed by atoms with E-state index < -0.39 is 0 Å². The fraction of sp³-hybridized carbons (Fsp3) is 0.429. The van der Waals surface area contributed by atoms with Gasteiger partial charge in [0.15, 0.2) is 0 Å². The van der Waals surface area contributed by atoms with E-state index >= 15 is 0 Å². The quantitative estimate of drug-likeness (QED) is 0.689. The summed E-state index contributed by atoms with van der Waals surface area (Å²) in [4.78, 5) is 0. The third kappa shape index (κ3) is 5.10. The molecule has 1 aromatic rings. The maximum Gasteiger partial charge on any atom is 0.0587 e. The predicted molar refractivity (Wildman–Crippen MR) is 68.5 cm³/mol. The van der Waals surface area contributed by atoms with Crippen molar-refractivity contribution in [1.29, 1.82) is 0 Å². The van der Waals surface area contributed by atoms with Crippen molar-refractivity contribution in [1.82, 2.24) is 5.32 Å². The Balaban J connectivity index is 2.34. The van der Waals surface area contributed by atoms with Crippen LogP contribution in [0.15, 0.2) is 42.5 Å². The zero-order chi connectivity index (χ0) is 11.8. The third-order valence-corrected chi connectivity index (χ3v) is 2.53. The van der Waals surface area contributed by atoms with Gasteiger partial charge < -0.3 is 10.4 Å². The molecule has 2 heteroatoms. The van der Waals surface area contributed by atoms with Crippen molar-refractivity contribution in [3.63, 3.8) is 0 Å². The van der Waals surface area contributed by atoms with Crippen molar-refractivity contribution in [3.8, 4) is 0 Å². The highest BCUT2D eigenvalue weighted by molar-refractivity contribution is 5.15. The lowest BCUT2D eigenvalue weighted by atomic mass is 10.1. The van der Waals surface area contributed by atoms with Gasteiger partial charge in [-0.15, -0.1) is 6.58 Å². The van der Waals surface area contributed by atoms with Crippen molar-refractivity contribution in [3.05, 3.63) is 48.0 Å². The van der Waals surface area contributed by atoms with Gasteiger partial charge >= 0.3 is 0 Å². The molecule has 0 amide bonds. The third-order valence-electron chi connectivity index (χ3n) is 2.53. The van der Waals surface area contributed by atoms with Crippen molar-refractivity contribution in [2.75, 3.05) is 13.2 Å². The zero-order valence-electron chi connectivity index (χ0n) is 9.95. The fourth-order valence-corrected chi connectivity index (χ4v) is 1.59. The summed E-state index contributed by atoms with van der Waals surface area (Å²) in [5, 5.41) is 12.6. The van der Waals surface area contributed by atoms with Gasteiger partial charge in [0, 0.05) is 6.04 Å². The van der Waals surface area contributed by atoms with Crippen LogP contribution in [-0.2, 0) is 6.42 Å². The van der Waals surface area contributed by atoms with Crippen LogP contribution < -0.4 is 5.32 Å². The summed E-state index contributed by atoms with van der Waals surface area (Å²) in [6.45, 7) is 6.93. The highest BCUT2D eigenvalue weighted by atomic mass is 16.3. The molecule has 0 radical (unpaired) electrons. The first kappa shape index (κ1) is 12.9. The average molecular weight is 219 g/mol. The van der Waals surface area contributed by atoms with Gasteiger partial charge in [0.1, 0.15) is 0 Å². The molecule has 1 unspecified atom stereocenters. The smallest absolute Gasteiger partial charge is 0.0587 e. The van der Waals surface area contributed by atoms with Crippen LogP contribution in [-0.4, -0.2) is 24.3 Å². The molecule has 0 saturated heterocycles. The molecule has 1 aromatic carbocycles. The maximum atomic E-state index is 9.27. The Morgan fingerprint density at radius 3 is 2.62 bits per heavy atom. The summed E-state index contributed by atoms with van der Waals surface area (Å²) in [6.07, 6.45) is 1.83. The van der Waals surface area contributed by atoms with Gasteiger partial charge in [-0.05, 0) is 31.9 Å². The van der Waals surface area contributed by atoms with Gasteiger partial charge in [-0.2, -0.15) is 0 Å². The van der Waals surface area contributed by atoms with Gasteiger partial charge in [0.25, 0.3) is 0 Å². The lowest BCUT2D eigenvalue weighted by molar-refractivity contribution is 0.242. The van der Waals surface area contributed by atoms with Crippen molar-refractivity contribution >= 4 is 0 Å². The van der Waals surface area contributed by atoms with E-state index in [4.69, 9.17) is 0 Å². The molecule has 88 valence electrons. The molecular formula is C14H21NO. The molecule has 0 spiro atoms. The molecule has 0 saturated carbocycles. The highest BCUT2D eigenvalue weighted by Crippen LogP contribution is 2.03. The summed E-state index contributed by atoms with van der Waals surface area (Å²) in [5.41, 5.74) is 2.42. The van der Waals surface area contributed by atoms with Crippen molar-refractivity contribution in [2.45, 2.75) is 25.8 Å². The number of hydrogen-bond donors (Lipinski definition) is 2. The normalized spacial score (nSPS) is 12.4. The number of hydrogen-bond acceptors (Lipinski definition) is 2. The first-order valence-electron chi connectivity index (χ1n) is 5.75. The molecule has 0 aromatic heterocycles. The molecule has 2 nitrogen and oxygen atoms in total. The van der Waals surface area contributed by atoms with Crippen molar-refractivity contribution < 1.29 is 5.11 Å². The van der Waals surface area contributed by atoms with Crippen LogP contribution in [0.25, 0.3) is 0 Å². The Kier molecular flexibility index (Phi) is 5.83. The Bertz CT molecular complexity index is 308. The summed E-state index contributed by atoms with van der Waals surface area (Å²) >= 11 is 0. The van der Waals surface area contributed by atoms with E-state index in [-0.39, 0.29) is 12.6 Å². The number of benzene rings is 1. The first-order valence-corrected chi connectivity index (χ1v) is 5.75. The number of aliphatic hydroxyl groups excluding tert-OH is 1. The molecule has 0 aliphatic carbocycles. The SMILES string of the molecule is C=C(C)CCNC(CO)Cc1ccccc1. The van der Waals surface area contributed by atoms with Crippen LogP contribution in [0.4, 0.5) is 0 Å². The summed E-state index contributed by atoms with van der Waals surface area (Å²) in [6, 6.07) is 10.4. The first-order chi connectivity index (χ1) is 7.72. The van der Waals surface area contributed by atoms with Crippen LogP contribution >= 0.6 is 0 Å². The standard InChI is InChI=1S/C14H21NO/c1-12(2)8-9-15-14(11-16)10-13-6-4-3-5-7-13/h3-7,14-16H,1,8-11H2,2H3. The Hall–Kier alpha value is -1.12. The second-order valence-electron chi connectivity index (χ2n) is 4.23. The van der Waals surface area contributed by atoms with Crippen LogP contribution in [0.1, 0.15) is 18.9 Å². The van der Waals surface area contributed by atoms with Gasteiger partial charge in [0.2, 0.25) is 0 Å². The fourth-order valence-electron chi connectivity index (χ4n) is 1.59. The zero-order valence-corrected chi connectivity index (χ0v) is 9.95. The molecule has 2 N–H and O–H groups in total.